The molecule has 5 heteroatoms. The number of carbonyl (C=O) groups is 1. The first-order chi connectivity index (χ1) is 6.16. The minimum Gasteiger partial charge on any atom is -0.322 e. The van der Waals surface area contributed by atoms with Gasteiger partial charge in [-0.3, -0.25) is 9.48 Å². The molecule has 0 bridgehead atoms. The van der Waals surface area contributed by atoms with Gasteiger partial charge >= 0.3 is 0 Å². The van der Waals surface area contributed by atoms with Gasteiger partial charge < -0.3 is 11.1 Å². The van der Waals surface area contributed by atoms with Crippen LogP contribution >= 0.6 is 0 Å². The van der Waals surface area contributed by atoms with E-state index in [2.05, 4.69) is 10.4 Å². The number of carbonyl (C=O) groups excluding carboxylic acids is 1. The van der Waals surface area contributed by atoms with Gasteiger partial charge in [0.25, 0.3) is 0 Å². The van der Waals surface area contributed by atoms with Crippen LogP contribution in [0.5, 0.6) is 0 Å². The molecule has 0 spiro atoms. The summed E-state index contributed by atoms with van der Waals surface area (Å²) in [4.78, 5) is 11.3. The number of hydrogen-bond donors (Lipinski definition) is 2. The van der Waals surface area contributed by atoms with Crippen molar-refractivity contribution in [2.75, 3.05) is 5.32 Å². The summed E-state index contributed by atoms with van der Waals surface area (Å²) < 4.78 is 1.70. The largest absolute Gasteiger partial charge is 0.322 e. The average Bonchev–Trinajstić information content (AvgIpc) is 2.36. The van der Waals surface area contributed by atoms with Crippen molar-refractivity contribution in [3.8, 4) is 0 Å². The number of hydrogen-bond acceptors (Lipinski definition) is 3. The fourth-order valence-corrected chi connectivity index (χ4v) is 1.47. The third-order valence-electron chi connectivity index (χ3n) is 2.19. The predicted octanol–water partition coefficient (Wildman–Crippen LogP) is -0.368. The molecule has 0 aliphatic carbocycles. The van der Waals surface area contributed by atoms with Crippen molar-refractivity contribution < 1.29 is 4.79 Å². The lowest BCUT2D eigenvalue weighted by atomic mass is 10.1. The van der Waals surface area contributed by atoms with E-state index in [-0.39, 0.29) is 5.91 Å². The summed E-state index contributed by atoms with van der Waals surface area (Å²) >= 11 is 0. The minimum atomic E-state index is -0.403. The number of nitrogens with zero attached hydrogens (tertiary/aromatic N) is 2. The lowest BCUT2D eigenvalue weighted by Gasteiger charge is -2.05. The zero-order valence-electron chi connectivity index (χ0n) is 7.45. The smallest absolute Gasteiger partial charge is 0.241 e. The molecule has 0 radical (unpaired) electrons. The molecule has 2 heterocycles. The topological polar surface area (TPSA) is 72.9 Å². The summed E-state index contributed by atoms with van der Waals surface area (Å²) in [5.41, 5.74) is 7.32. The monoisotopic (exact) mass is 180 g/mol. The van der Waals surface area contributed by atoms with Crippen LogP contribution in [0.15, 0.2) is 6.20 Å². The minimum absolute atomic E-state index is 0.119. The highest BCUT2D eigenvalue weighted by molar-refractivity contribution is 5.95. The molecule has 1 aliphatic rings. The Bertz CT molecular complexity index is 344. The summed E-state index contributed by atoms with van der Waals surface area (Å²) in [6.07, 6.45) is 3.22. The van der Waals surface area contributed by atoms with Gasteiger partial charge in [0.05, 0.1) is 17.4 Å². The van der Waals surface area contributed by atoms with E-state index in [1.165, 1.54) is 0 Å². The van der Waals surface area contributed by atoms with Crippen molar-refractivity contribution in [3.63, 3.8) is 0 Å². The average molecular weight is 180 g/mol. The molecule has 0 aromatic carbocycles. The Balaban J connectivity index is 2.33. The molecule has 2 rings (SSSR count). The molecule has 1 atom stereocenters. The van der Waals surface area contributed by atoms with Crippen molar-refractivity contribution in [1.29, 1.82) is 0 Å². The van der Waals surface area contributed by atoms with Crippen molar-refractivity contribution in [3.05, 3.63) is 11.9 Å². The molecule has 1 aromatic rings. The van der Waals surface area contributed by atoms with Gasteiger partial charge in [-0.2, -0.15) is 5.10 Å². The number of aryl methyl sites for hydroxylation is 2. The standard InChI is InChI=1S/C8H12N4O/c1-12-4-7-6(11-12)3-2-5(9)8(13)10-7/h4-5H,2-3,9H2,1H3,(H,10,13). The molecule has 0 saturated heterocycles. The molecule has 70 valence electrons. The van der Waals surface area contributed by atoms with Gasteiger partial charge in [0.15, 0.2) is 0 Å². The predicted molar refractivity (Wildman–Crippen MR) is 48.1 cm³/mol. The molecule has 0 fully saturated rings. The summed E-state index contributed by atoms with van der Waals surface area (Å²) in [6.45, 7) is 0. The number of rotatable bonds is 0. The second-order valence-corrected chi connectivity index (χ2v) is 3.30. The first-order valence-electron chi connectivity index (χ1n) is 4.26. The van der Waals surface area contributed by atoms with Crippen molar-refractivity contribution in [2.45, 2.75) is 18.9 Å². The maximum absolute atomic E-state index is 11.3. The van der Waals surface area contributed by atoms with Gasteiger partial charge in [0.2, 0.25) is 5.91 Å². The van der Waals surface area contributed by atoms with Crippen LogP contribution in [0.2, 0.25) is 0 Å². The Kier molecular flexibility index (Phi) is 1.81. The molecule has 1 amide bonds. The van der Waals surface area contributed by atoms with E-state index in [4.69, 9.17) is 5.73 Å². The molecule has 1 aromatic heterocycles. The quantitative estimate of drug-likeness (QED) is 0.572. The Labute approximate surface area is 75.9 Å². The van der Waals surface area contributed by atoms with E-state index in [9.17, 15) is 4.79 Å². The second-order valence-electron chi connectivity index (χ2n) is 3.30. The lowest BCUT2D eigenvalue weighted by Crippen LogP contribution is -2.34. The van der Waals surface area contributed by atoms with Gasteiger partial charge in [0.1, 0.15) is 0 Å². The highest BCUT2D eigenvalue weighted by Gasteiger charge is 2.21. The highest BCUT2D eigenvalue weighted by atomic mass is 16.2. The van der Waals surface area contributed by atoms with Gasteiger partial charge in [-0.1, -0.05) is 0 Å². The fraction of sp³-hybridized carbons (Fsp3) is 0.500. The van der Waals surface area contributed by atoms with Crippen LogP contribution in [-0.4, -0.2) is 21.7 Å². The van der Waals surface area contributed by atoms with Gasteiger partial charge in [0, 0.05) is 13.2 Å². The Morgan fingerprint density at radius 3 is 3.31 bits per heavy atom. The number of anilines is 1. The zero-order valence-corrected chi connectivity index (χ0v) is 7.45. The lowest BCUT2D eigenvalue weighted by molar-refractivity contribution is -0.117. The van der Waals surface area contributed by atoms with Crippen LogP contribution in [-0.2, 0) is 18.3 Å². The van der Waals surface area contributed by atoms with E-state index in [1.54, 1.807) is 10.9 Å². The van der Waals surface area contributed by atoms with Crippen LogP contribution < -0.4 is 11.1 Å². The molecular weight excluding hydrogens is 168 g/mol. The Morgan fingerprint density at radius 1 is 1.77 bits per heavy atom. The fourth-order valence-electron chi connectivity index (χ4n) is 1.47. The third kappa shape index (κ3) is 1.42. The number of nitrogens with two attached hydrogens (primary N) is 1. The van der Waals surface area contributed by atoms with Crippen molar-refractivity contribution in [2.24, 2.45) is 12.8 Å². The molecule has 0 saturated carbocycles. The second kappa shape index (κ2) is 2.85. The molecule has 1 unspecified atom stereocenters. The maximum Gasteiger partial charge on any atom is 0.241 e. The number of amides is 1. The highest BCUT2D eigenvalue weighted by Crippen LogP contribution is 2.19. The number of aromatic nitrogens is 2. The SMILES string of the molecule is Cn1cc2c(n1)CCC(N)C(=O)N2. The third-order valence-corrected chi connectivity index (χ3v) is 2.19. The summed E-state index contributed by atoms with van der Waals surface area (Å²) in [5, 5.41) is 6.97. The van der Waals surface area contributed by atoms with E-state index < -0.39 is 6.04 Å². The van der Waals surface area contributed by atoms with Crippen LogP contribution in [0.25, 0.3) is 0 Å². The van der Waals surface area contributed by atoms with Gasteiger partial charge in [-0.25, -0.2) is 0 Å². The van der Waals surface area contributed by atoms with Crippen LogP contribution in [0.1, 0.15) is 12.1 Å². The molecule has 3 N–H and O–H groups in total. The first-order valence-corrected chi connectivity index (χ1v) is 4.26. The van der Waals surface area contributed by atoms with E-state index in [0.29, 0.717) is 6.42 Å². The first kappa shape index (κ1) is 8.25. The summed E-state index contributed by atoms with van der Waals surface area (Å²) in [7, 11) is 1.83. The van der Waals surface area contributed by atoms with E-state index in [0.717, 1.165) is 17.8 Å². The Hall–Kier alpha value is -1.36. The number of fused-ring (bicyclic) bond motifs is 1. The van der Waals surface area contributed by atoms with Crippen LogP contribution in [0, 0.1) is 0 Å². The van der Waals surface area contributed by atoms with E-state index >= 15 is 0 Å². The normalized spacial score (nSPS) is 22.0. The van der Waals surface area contributed by atoms with Crippen LogP contribution in [0.3, 0.4) is 0 Å². The van der Waals surface area contributed by atoms with Gasteiger partial charge in [-0.05, 0) is 12.8 Å². The van der Waals surface area contributed by atoms with E-state index in [1.807, 2.05) is 7.05 Å². The maximum atomic E-state index is 11.3. The Morgan fingerprint density at radius 2 is 2.54 bits per heavy atom. The summed E-state index contributed by atoms with van der Waals surface area (Å²) in [6, 6.07) is -0.403. The van der Waals surface area contributed by atoms with Crippen molar-refractivity contribution >= 4 is 11.6 Å². The zero-order chi connectivity index (χ0) is 9.42. The number of nitrogens with one attached hydrogen (secondary N) is 1. The van der Waals surface area contributed by atoms with Crippen LogP contribution in [0.4, 0.5) is 5.69 Å². The molecule has 13 heavy (non-hydrogen) atoms. The van der Waals surface area contributed by atoms with Gasteiger partial charge in [-0.15, -0.1) is 0 Å². The molecule has 5 nitrogen and oxygen atoms in total. The molecule has 1 aliphatic heterocycles. The molecular formula is C8H12N4O. The van der Waals surface area contributed by atoms with Crippen molar-refractivity contribution in [1.82, 2.24) is 9.78 Å². The summed E-state index contributed by atoms with van der Waals surface area (Å²) in [5.74, 6) is -0.119.